The summed E-state index contributed by atoms with van der Waals surface area (Å²) < 4.78 is 1.67. The number of piperidine rings is 1. The lowest BCUT2D eigenvalue weighted by Gasteiger charge is -2.29. The zero-order valence-electron chi connectivity index (χ0n) is 11.1. The van der Waals surface area contributed by atoms with Crippen LogP contribution in [0.25, 0.3) is 0 Å². The standard InChI is InChI=1S/C13H22N4O/c1-3-17-8-7-15-12(13(17)18)16-10(2)11-5-4-6-14-9-11/h7-8,10-11,14H,3-6,9H2,1-2H3,(H,15,16). The van der Waals surface area contributed by atoms with Gasteiger partial charge in [0.05, 0.1) is 0 Å². The Morgan fingerprint density at radius 2 is 2.50 bits per heavy atom. The van der Waals surface area contributed by atoms with Crippen molar-refractivity contribution in [2.45, 2.75) is 39.3 Å². The van der Waals surface area contributed by atoms with Crippen LogP contribution in [0.3, 0.4) is 0 Å². The van der Waals surface area contributed by atoms with Gasteiger partial charge in [-0.25, -0.2) is 4.98 Å². The van der Waals surface area contributed by atoms with Crippen molar-refractivity contribution in [1.29, 1.82) is 0 Å². The Bertz CT molecular complexity index is 437. The molecule has 1 fully saturated rings. The number of rotatable bonds is 4. The summed E-state index contributed by atoms with van der Waals surface area (Å²) in [5, 5.41) is 6.67. The highest BCUT2D eigenvalue weighted by Crippen LogP contribution is 2.16. The number of hydrogen-bond acceptors (Lipinski definition) is 4. The van der Waals surface area contributed by atoms with E-state index < -0.39 is 0 Å². The second-order valence-corrected chi connectivity index (χ2v) is 4.91. The first-order chi connectivity index (χ1) is 8.72. The van der Waals surface area contributed by atoms with Gasteiger partial charge in [0, 0.05) is 25.0 Å². The Labute approximate surface area is 108 Å². The van der Waals surface area contributed by atoms with Crippen molar-refractivity contribution in [3.63, 3.8) is 0 Å². The van der Waals surface area contributed by atoms with Crippen molar-refractivity contribution in [3.8, 4) is 0 Å². The van der Waals surface area contributed by atoms with Gasteiger partial charge in [0.15, 0.2) is 5.82 Å². The van der Waals surface area contributed by atoms with Crippen LogP contribution in [0.2, 0.25) is 0 Å². The van der Waals surface area contributed by atoms with Gasteiger partial charge in [-0.2, -0.15) is 0 Å². The van der Waals surface area contributed by atoms with E-state index in [1.54, 1.807) is 17.0 Å². The molecule has 2 heterocycles. The Balaban J connectivity index is 2.06. The third-order valence-electron chi connectivity index (χ3n) is 3.66. The van der Waals surface area contributed by atoms with Gasteiger partial charge >= 0.3 is 0 Å². The lowest BCUT2D eigenvalue weighted by Crippen LogP contribution is -2.40. The Morgan fingerprint density at radius 3 is 3.17 bits per heavy atom. The minimum absolute atomic E-state index is 0.0318. The third kappa shape index (κ3) is 2.90. The highest BCUT2D eigenvalue weighted by molar-refractivity contribution is 5.32. The van der Waals surface area contributed by atoms with E-state index in [1.807, 2.05) is 6.92 Å². The van der Waals surface area contributed by atoms with E-state index in [-0.39, 0.29) is 11.6 Å². The van der Waals surface area contributed by atoms with Gasteiger partial charge in [0.2, 0.25) is 0 Å². The normalized spacial score (nSPS) is 21.6. The van der Waals surface area contributed by atoms with Crippen LogP contribution in [-0.4, -0.2) is 28.7 Å². The molecular formula is C13H22N4O. The fourth-order valence-electron chi connectivity index (χ4n) is 2.43. The number of nitrogens with zero attached hydrogens (tertiary/aromatic N) is 2. The molecule has 0 bridgehead atoms. The van der Waals surface area contributed by atoms with Crippen molar-refractivity contribution in [2.75, 3.05) is 18.4 Å². The number of anilines is 1. The summed E-state index contributed by atoms with van der Waals surface area (Å²) in [6, 6.07) is 0.269. The molecule has 1 aromatic heterocycles. The van der Waals surface area contributed by atoms with Crippen molar-refractivity contribution < 1.29 is 0 Å². The molecule has 1 aromatic rings. The van der Waals surface area contributed by atoms with Crippen LogP contribution >= 0.6 is 0 Å². The second-order valence-electron chi connectivity index (χ2n) is 4.91. The minimum atomic E-state index is -0.0318. The van der Waals surface area contributed by atoms with Gasteiger partial charge in [-0.05, 0) is 45.7 Å². The van der Waals surface area contributed by atoms with E-state index in [9.17, 15) is 4.79 Å². The molecule has 5 nitrogen and oxygen atoms in total. The first-order valence-corrected chi connectivity index (χ1v) is 6.75. The van der Waals surface area contributed by atoms with E-state index in [0.717, 1.165) is 13.1 Å². The Hall–Kier alpha value is -1.36. The molecule has 1 aliphatic heterocycles. The van der Waals surface area contributed by atoms with Crippen LogP contribution in [0.5, 0.6) is 0 Å². The van der Waals surface area contributed by atoms with E-state index in [2.05, 4.69) is 22.5 Å². The first kappa shape index (κ1) is 13.1. The van der Waals surface area contributed by atoms with Crippen LogP contribution < -0.4 is 16.2 Å². The summed E-state index contributed by atoms with van der Waals surface area (Å²) >= 11 is 0. The fraction of sp³-hybridized carbons (Fsp3) is 0.692. The van der Waals surface area contributed by atoms with Gasteiger partial charge in [-0.3, -0.25) is 4.79 Å². The highest BCUT2D eigenvalue weighted by Gasteiger charge is 2.20. The zero-order chi connectivity index (χ0) is 13.0. The number of aromatic nitrogens is 2. The molecule has 2 rings (SSSR count). The van der Waals surface area contributed by atoms with E-state index in [1.165, 1.54) is 12.8 Å². The predicted molar refractivity (Wildman–Crippen MR) is 72.8 cm³/mol. The quantitative estimate of drug-likeness (QED) is 0.839. The van der Waals surface area contributed by atoms with Crippen LogP contribution in [-0.2, 0) is 6.54 Å². The lowest BCUT2D eigenvalue weighted by molar-refractivity contribution is 0.346. The summed E-state index contributed by atoms with van der Waals surface area (Å²) in [6.45, 7) is 6.88. The molecule has 5 heteroatoms. The maximum Gasteiger partial charge on any atom is 0.293 e. The topological polar surface area (TPSA) is 59.0 Å². The average molecular weight is 250 g/mol. The largest absolute Gasteiger partial charge is 0.363 e. The molecule has 18 heavy (non-hydrogen) atoms. The van der Waals surface area contributed by atoms with Crippen LogP contribution in [0, 0.1) is 5.92 Å². The van der Waals surface area contributed by atoms with Gasteiger partial charge in [-0.1, -0.05) is 0 Å². The SMILES string of the molecule is CCn1ccnc(NC(C)C2CCCNC2)c1=O. The Kier molecular flexibility index (Phi) is 4.36. The second kappa shape index (κ2) is 6.00. The number of aryl methyl sites for hydroxylation is 1. The summed E-state index contributed by atoms with van der Waals surface area (Å²) in [7, 11) is 0. The fourth-order valence-corrected chi connectivity index (χ4v) is 2.43. The molecule has 2 N–H and O–H groups in total. The molecule has 0 radical (unpaired) electrons. The van der Waals surface area contributed by atoms with Crippen molar-refractivity contribution in [1.82, 2.24) is 14.9 Å². The molecule has 0 spiro atoms. The smallest absolute Gasteiger partial charge is 0.293 e. The molecule has 0 aromatic carbocycles. The molecule has 0 aliphatic carbocycles. The van der Waals surface area contributed by atoms with E-state index in [0.29, 0.717) is 18.3 Å². The van der Waals surface area contributed by atoms with E-state index in [4.69, 9.17) is 0 Å². The number of nitrogens with one attached hydrogen (secondary N) is 2. The van der Waals surface area contributed by atoms with Gasteiger partial charge in [-0.15, -0.1) is 0 Å². The number of hydrogen-bond donors (Lipinski definition) is 2. The molecule has 1 saturated heterocycles. The minimum Gasteiger partial charge on any atom is -0.363 e. The van der Waals surface area contributed by atoms with Gasteiger partial charge in [0.25, 0.3) is 5.56 Å². The molecule has 2 unspecified atom stereocenters. The molecule has 2 atom stereocenters. The molecule has 1 aliphatic rings. The maximum atomic E-state index is 12.0. The third-order valence-corrected chi connectivity index (χ3v) is 3.66. The summed E-state index contributed by atoms with van der Waals surface area (Å²) in [5.74, 6) is 1.03. The van der Waals surface area contributed by atoms with Crippen LogP contribution in [0.1, 0.15) is 26.7 Å². The monoisotopic (exact) mass is 250 g/mol. The Morgan fingerprint density at radius 1 is 1.67 bits per heavy atom. The van der Waals surface area contributed by atoms with Crippen molar-refractivity contribution in [3.05, 3.63) is 22.7 Å². The molecule has 0 saturated carbocycles. The zero-order valence-corrected chi connectivity index (χ0v) is 11.1. The summed E-state index contributed by atoms with van der Waals surface area (Å²) in [6.07, 6.45) is 5.81. The van der Waals surface area contributed by atoms with E-state index >= 15 is 0 Å². The van der Waals surface area contributed by atoms with Gasteiger partial charge < -0.3 is 15.2 Å². The molecule has 0 amide bonds. The van der Waals surface area contributed by atoms with Gasteiger partial charge in [0.1, 0.15) is 0 Å². The van der Waals surface area contributed by atoms with Crippen LogP contribution in [0.15, 0.2) is 17.2 Å². The average Bonchev–Trinajstić information content (AvgIpc) is 2.42. The lowest BCUT2D eigenvalue weighted by atomic mass is 9.93. The molecule has 100 valence electrons. The van der Waals surface area contributed by atoms with Crippen LogP contribution in [0.4, 0.5) is 5.82 Å². The highest BCUT2D eigenvalue weighted by atomic mass is 16.1. The molecular weight excluding hydrogens is 228 g/mol. The van der Waals surface area contributed by atoms with Crippen molar-refractivity contribution >= 4 is 5.82 Å². The van der Waals surface area contributed by atoms with Crippen molar-refractivity contribution in [2.24, 2.45) is 5.92 Å². The maximum absolute atomic E-state index is 12.0. The predicted octanol–water partition coefficient (Wildman–Crippen LogP) is 1.06. The summed E-state index contributed by atoms with van der Waals surface area (Å²) in [5.41, 5.74) is -0.0318. The first-order valence-electron chi connectivity index (χ1n) is 6.75. The summed E-state index contributed by atoms with van der Waals surface area (Å²) in [4.78, 5) is 16.2.